The van der Waals surface area contributed by atoms with Crippen molar-refractivity contribution < 1.29 is 9.47 Å². The third kappa shape index (κ3) is 9.39. The summed E-state index contributed by atoms with van der Waals surface area (Å²) < 4.78 is 10.7. The molecule has 0 atom stereocenters. The molecule has 1 heterocycles. The van der Waals surface area contributed by atoms with Crippen LogP contribution in [0.5, 0.6) is 11.5 Å². The van der Waals surface area contributed by atoms with Gasteiger partial charge in [-0.25, -0.2) is 0 Å². The van der Waals surface area contributed by atoms with Crippen molar-refractivity contribution in [2.45, 2.75) is 19.3 Å². The quantitative estimate of drug-likeness (QED) is 0.226. The number of guanidine groups is 1. The maximum atomic E-state index is 5.37. The van der Waals surface area contributed by atoms with Gasteiger partial charge >= 0.3 is 0 Å². The van der Waals surface area contributed by atoms with Gasteiger partial charge in [0.15, 0.2) is 17.5 Å². The topological polar surface area (TPSA) is 61.4 Å². The summed E-state index contributed by atoms with van der Waals surface area (Å²) in [5, 5.41) is 6.80. The van der Waals surface area contributed by atoms with E-state index in [9.17, 15) is 0 Å². The Kier molecular flexibility index (Phi) is 13.0. The molecular formula is C21H38IN5O2. The van der Waals surface area contributed by atoms with Crippen LogP contribution in [-0.2, 0) is 6.42 Å². The summed E-state index contributed by atoms with van der Waals surface area (Å²) in [5.41, 5.74) is 1.20. The van der Waals surface area contributed by atoms with E-state index in [0.717, 1.165) is 49.9 Å². The molecule has 1 aromatic carbocycles. The molecule has 0 unspecified atom stereocenters. The highest BCUT2D eigenvalue weighted by atomic mass is 127. The van der Waals surface area contributed by atoms with Gasteiger partial charge in [0.05, 0.1) is 14.2 Å². The lowest BCUT2D eigenvalue weighted by molar-refractivity contribution is 0.274. The molecule has 0 saturated carbocycles. The number of ether oxygens (including phenoxy) is 2. The molecule has 2 N–H and O–H groups in total. The van der Waals surface area contributed by atoms with Crippen molar-refractivity contribution in [2.24, 2.45) is 4.99 Å². The van der Waals surface area contributed by atoms with E-state index in [1.807, 2.05) is 19.2 Å². The second kappa shape index (κ2) is 14.7. The minimum Gasteiger partial charge on any atom is -0.493 e. The number of nitrogens with one attached hydrogen (secondary N) is 2. The Hall–Kier alpha value is -1.26. The summed E-state index contributed by atoms with van der Waals surface area (Å²) >= 11 is 0. The second-order valence-corrected chi connectivity index (χ2v) is 7.22. The van der Waals surface area contributed by atoms with Gasteiger partial charge in [-0.05, 0) is 63.6 Å². The van der Waals surface area contributed by atoms with Gasteiger partial charge in [-0.2, -0.15) is 0 Å². The SMILES string of the molecule is CN=C(NCCCN1CCCN(C)CC1)NCCc1ccc(OC)c(OC)c1.I. The van der Waals surface area contributed by atoms with E-state index in [1.54, 1.807) is 14.2 Å². The smallest absolute Gasteiger partial charge is 0.190 e. The Balaban J connectivity index is 0.00000420. The molecule has 0 amide bonds. The molecule has 0 bridgehead atoms. The number of halogens is 1. The average Bonchev–Trinajstić information content (AvgIpc) is 2.93. The zero-order chi connectivity index (χ0) is 20.2. The molecule has 8 heteroatoms. The Bertz CT molecular complexity index is 615. The van der Waals surface area contributed by atoms with Crippen molar-refractivity contribution in [3.63, 3.8) is 0 Å². The number of hydrogen-bond donors (Lipinski definition) is 2. The van der Waals surface area contributed by atoms with Crippen molar-refractivity contribution >= 4 is 29.9 Å². The molecule has 7 nitrogen and oxygen atoms in total. The summed E-state index contributed by atoms with van der Waals surface area (Å²) in [6.07, 6.45) is 3.28. The Labute approximate surface area is 193 Å². The van der Waals surface area contributed by atoms with Crippen LogP contribution < -0.4 is 20.1 Å². The normalized spacial score (nSPS) is 15.9. The summed E-state index contributed by atoms with van der Waals surface area (Å²) in [6.45, 7) is 7.66. The molecule has 0 radical (unpaired) electrons. The van der Waals surface area contributed by atoms with Gasteiger partial charge in [0, 0.05) is 33.2 Å². The van der Waals surface area contributed by atoms with Crippen LogP contribution in [0.3, 0.4) is 0 Å². The summed E-state index contributed by atoms with van der Waals surface area (Å²) in [4.78, 5) is 9.31. The van der Waals surface area contributed by atoms with E-state index in [2.05, 4.69) is 38.5 Å². The van der Waals surface area contributed by atoms with Crippen LogP contribution >= 0.6 is 24.0 Å². The average molecular weight is 519 g/mol. The number of hydrogen-bond acceptors (Lipinski definition) is 5. The zero-order valence-corrected chi connectivity index (χ0v) is 20.7. The largest absolute Gasteiger partial charge is 0.493 e. The Morgan fingerprint density at radius 3 is 2.52 bits per heavy atom. The van der Waals surface area contributed by atoms with Gasteiger partial charge in [-0.1, -0.05) is 6.07 Å². The van der Waals surface area contributed by atoms with Gasteiger partial charge < -0.3 is 29.9 Å². The number of aliphatic imine (C=N–C) groups is 1. The molecule has 1 saturated heterocycles. The Morgan fingerprint density at radius 2 is 1.79 bits per heavy atom. The van der Waals surface area contributed by atoms with Gasteiger partial charge in [0.1, 0.15) is 0 Å². The molecule has 1 aromatic rings. The molecule has 0 spiro atoms. The fourth-order valence-corrected chi connectivity index (χ4v) is 3.42. The minimum absolute atomic E-state index is 0. The van der Waals surface area contributed by atoms with Crippen molar-refractivity contribution in [2.75, 3.05) is 74.1 Å². The highest BCUT2D eigenvalue weighted by molar-refractivity contribution is 14.0. The number of nitrogens with zero attached hydrogens (tertiary/aromatic N) is 3. The van der Waals surface area contributed by atoms with E-state index in [1.165, 1.54) is 38.2 Å². The fourth-order valence-electron chi connectivity index (χ4n) is 3.42. The number of benzene rings is 1. The molecule has 166 valence electrons. The van der Waals surface area contributed by atoms with Crippen molar-refractivity contribution in [1.82, 2.24) is 20.4 Å². The maximum Gasteiger partial charge on any atom is 0.190 e. The van der Waals surface area contributed by atoms with Crippen LogP contribution in [0.4, 0.5) is 0 Å². The minimum atomic E-state index is 0. The predicted molar refractivity (Wildman–Crippen MR) is 131 cm³/mol. The second-order valence-electron chi connectivity index (χ2n) is 7.22. The van der Waals surface area contributed by atoms with Crippen LogP contribution in [0, 0.1) is 0 Å². The van der Waals surface area contributed by atoms with Crippen LogP contribution in [-0.4, -0.2) is 89.9 Å². The van der Waals surface area contributed by atoms with Crippen molar-refractivity contribution in [3.8, 4) is 11.5 Å². The summed E-state index contributed by atoms with van der Waals surface area (Å²) in [5.74, 6) is 2.38. The Morgan fingerprint density at radius 1 is 1.03 bits per heavy atom. The van der Waals surface area contributed by atoms with E-state index >= 15 is 0 Å². The third-order valence-corrected chi connectivity index (χ3v) is 5.13. The molecule has 29 heavy (non-hydrogen) atoms. The summed E-state index contributed by atoms with van der Waals surface area (Å²) in [6, 6.07) is 6.04. The first kappa shape index (κ1) is 25.8. The van der Waals surface area contributed by atoms with Crippen LogP contribution in [0.15, 0.2) is 23.2 Å². The van der Waals surface area contributed by atoms with Crippen LogP contribution in [0.25, 0.3) is 0 Å². The standard InChI is InChI=1S/C21H37N5O2.HI/c1-22-21(23-10-5-13-26-14-6-12-25(2)15-16-26)24-11-9-18-7-8-19(27-3)20(17-18)28-4;/h7-8,17H,5-6,9-16H2,1-4H3,(H2,22,23,24);1H. The van der Waals surface area contributed by atoms with Gasteiger partial charge in [0.2, 0.25) is 0 Å². The fraction of sp³-hybridized carbons (Fsp3) is 0.667. The number of rotatable bonds is 9. The van der Waals surface area contributed by atoms with E-state index in [4.69, 9.17) is 9.47 Å². The van der Waals surface area contributed by atoms with Gasteiger partial charge in [0.25, 0.3) is 0 Å². The maximum absolute atomic E-state index is 5.37. The van der Waals surface area contributed by atoms with Crippen molar-refractivity contribution in [1.29, 1.82) is 0 Å². The monoisotopic (exact) mass is 519 g/mol. The lowest BCUT2D eigenvalue weighted by atomic mass is 10.1. The van der Waals surface area contributed by atoms with Gasteiger partial charge in [-0.3, -0.25) is 4.99 Å². The van der Waals surface area contributed by atoms with E-state index < -0.39 is 0 Å². The first-order valence-electron chi connectivity index (χ1n) is 10.2. The highest BCUT2D eigenvalue weighted by Gasteiger charge is 2.11. The molecule has 1 fully saturated rings. The molecule has 1 aliphatic heterocycles. The number of methoxy groups -OCH3 is 2. The summed E-state index contributed by atoms with van der Waals surface area (Å²) in [7, 11) is 7.34. The first-order valence-corrected chi connectivity index (χ1v) is 10.2. The zero-order valence-electron chi connectivity index (χ0n) is 18.4. The van der Waals surface area contributed by atoms with Crippen molar-refractivity contribution in [3.05, 3.63) is 23.8 Å². The predicted octanol–water partition coefficient (Wildman–Crippen LogP) is 2.06. The number of likely N-dealkylation sites (N-methyl/N-ethyl adjacent to an activating group) is 1. The van der Waals surface area contributed by atoms with E-state index in [-0.39, 0.29) is 24.0 Å². The lowest BCUT2D eigenvalue weighted by Gasteiger charge is -2.20. The lowest BCUT2D eigenvalue weighted by Crippen LogP contribution is -2.40. The molecule has 0 aromatic heterocycles. The molecule has 1 aliphatic rings. The highest BCUT2D eigenvalue weighted by Crippen LogP contribution is 2.27. The third-order valence-electron chi connectivity index (χ3n) is 5.13. The van der Waals surface area contributed by atoms with E-state index in [0.29, 0.717) is 0 Å². The first-order chi connectivity index (χ1) is 13.7. The van der Waals surface area contributed by atoms with Crippen LogP contribution in [0.2, 0.25) is 0 Å². The molecular weight excluding hydrogens is 481 g/mol. The van der Waals surface area contributed by atoms with Crippen LogP contribution in [0.1, 0.15) is 18.4 Å². The molecule has 2 rings (SSSR count). The van der Waals surface area contributed by atoms with Gasteiger partial charge in [-0.15, -0.1) is 24.0 Å². The molecule has 0 aliphatic carbocycles.